The van der Waals surface area contributed by atoms with Gasteiger partial charge >= 0.3 is 11.9 Å². The van der Waals surface area contributed by atoms with Crippen molar-refractivity contribution in [1.29, 1.82) is 0 Å². The Balaban J connectivity index is 2.04. The SMILES string of the molecule is CCOC(=O)c1ccccc1NC(=O)COC(=O)[C@H](CCSC)NS(=O)(=O)c1ccc(Cl)cc1. The van der Waals surface area contributed by atoms with Crippen LogP contribution < -0.4 is 10.0 Å². The van der Waals surface area contributed by atoms with Crippen LogP contribution in [0.3, 0.4) is 0 Å². The largest absolute Gasteiger partial charge is 0.462 e. The average molecular weight is 529 g/mol. The van der Waals surface area contributed by atoms with Gasteiger partial charge in [0.15, 0.2) is 6.61 Å². The molecule has 0 spiro atoms. The Morgan fingerprint density at radius 3 is 2.38 bits per heavy atom. The van der Waals surface area contributed by atoms with Crippen LogP contribution in [0.2, 0.25) is 5.02 Å². The maximum absolute atomic E-state index is 12.7. The number of para-hydroxylation sites is 1. The number of ether oxygens (including phenoxy) is 2. The molecular weight excluding hydrogens is 504 g/mol. The molecule has 2 N–H and O–H groups in total. The zero-order valence-electron chi connectivity index (χ0n) is 18.6. The summed E-state index contributed by atoms with van der Waals surface area (Å²) >= 11 is 7.22. The smallest absolute Gasteiger partial charge is 0.340 e. The molecule has 0 heterocycles. The van der Waals surface area contributed by atoms with E-state index >= 15 is 0 Å². The van der Waals surface area contributed by atoms with Crippen molar-refractivity contribution < 1.29 is 32.3 Å². The van der Waals surface area contributed by atoms with E-state index in [2.05, 4.69) is 10.0 Å². The van der Waals surface area contributed by atoms with Crippen LogP contribution in [0, 0.1) is 0 Å². The molecule has 34 heavy (non-hydrogen) atoms. The lowest BCUT2D eigenvalue weighted by Crippen LogP contribution is -2.43. The van der Waals surface area contributed by atoms with Crippen LogP contribution in [-0.4, -0.2) is 57.5 Å². The lowest BCUT2D eigenvalue weighted by Gasteiger charge is -2.17. The molecule has 1 amide bonds. The van der Waals surface area contributed by atoms with Crippen molar-refractivity contribution in [1.82, 2.24) is 4.72 Å². The highest BCUT2D eigenvalue weighted by Gasteiger charge is 2.27. The number of thioether (sulfide) groups is 1. The zero-order valence-corrected chi connectivity index (χ0v) is 21.0. The number of sulfonamides is 1. The minimum absolute atomic E-state index is 0.0628. The van der Waals surface area contributed by atoms with Crippen molar-refractivity contribution in [2.45, 2.75) is 24.3 Å². The molecule has 2 aromatic rings. The van der Waals surface area contributed by atoms with E-state index in [9.17, 15) is 22.8 Å². The molecule has 0 unspecified atom stereocenters. The fraction of sp³-hybridized carbons (Fsp3) is 0.318. The third-order valence-electron chi connectivity index (χ3n) is 4.36. The second kappa shape index (κ2) is 13.3. The molecule has 1 atom stereocenters. The highest BCUT2D eigenvalue weighted by molar-refractivity contribution is 7.98. The number of amides is 1. The van der Waals surface area contributed by atoms with Crippen molar-refractivity contribution in [3.63, 3.8) is 0 Å². The summed E-state index contributed by atoms with van der Waals surface area (Å²) in [5, 5.41) is 2.86. The summed E-state index contributed by atoms with van der Waals surface area (Å²) in [5.41, 5.74) is 0.349. The van der Waals surface area contributed by atoms with Crippen molar-refractivity contribution >= 4 is 56.9 Å². The Kier molecular flexibility index (Phi) is 10.8. The van der Waals surface area contributed by atoms with Crippen LogP contribution in [0.4, 0.5) is 5.69 Å². The standard InChI is InChI=1S/C22H25ClN2O7S2/c1-3-31-21(27)17-6-4-5-7-18(17)24-20(26)14-32-22(28)19(12-13-33-2)25-34(29,30)16-10-8-15(23)9-11-16/h4-11,19,25H,3,12-14H2,1-2H3,(H,24,26)/t19-/m0/s1. The van der Waals surface area contributed by atoms with E-state index in [4.69, 9.17) is 21.1 Å². The number of benzene rings is 2. The first-order valence-electron chi connectivity index (χ1n) is 10.2. The summed E-state index contributed by atoms with van der Waals surface area (Å²) in [6, 6.07) is 10.5. The summed E-state index contributed by atoms with van der Waals surface area (Å²) in [5.74, 6) is -1.74. The fourth-order valence-corrected chi connectivity index (χ4v) is 4.55. The number of nitrogens with one attached hydrogen (secondary N) is 2. The first-order valence-corrected chi connectivity index (χ1v) is 13.4. The monoisotopic (exact) mass is 528 g/mol. The van der Waals surface area contributed by atoms with Crippen molar-refractivity contribution in [2.75, 3.05) is 30.5 Å². The van der Waals surface area contributed by atoms with Gasteiger partial charge in [-0.3, -0.25) is 9.59 Å². The first kappa shape index (κ1) is 27.6. The van der Waals surface area contributed by atoms with Gasteiger partial charge in [-0.15, -0.1) is 0 Å². The van der Waals surface area contributed by atoms with E-state index in [0.717, 1.165) is 0 Å². The summed E-state index contributed by atoms with van der Waals surface area (Å²) in [6.07, 6.45) is 1.96. The molecule has 0 aliphatic carbocycles. The number of anilines is 1. The van der Waals surface area contributed by atoms with Gasteiger partial charge < -0.3 is 14.8 Å². The number of carbonyl (C=O) groups is 3. The van der Waals surface area contributed by atoms with Crippen LogP contribution in [0.5, 0.6) is 0 Å². The molecule has 184 valence electrons. The van der Waals surface area contributed by atoms with E-state index < -0.39 is 40.5 Å². The van der Waals surface area contributed by atoms with Gasteiger partial charge in [-0.2, -0.15) is 16.5 Å². The molecule has 0 aliphatic rings. The number of hydrogen-bond acceptors (Lipinski definition) is 8. The molecule has 0 aromatic heterocycles. The van der Waals surface area contributed by atoms with Crippen LogP contribution in [0.15, 0.2) is 53.4 Å². The van der Waals surface area contributed by atoms with Gasteiger partial charge in [-0.1, -0.05) is 23.7 Å². The highest BCUT2D eigenvalue weighted by atomic mass is 35.5. The average Bonchev–Trinajstić information content (AvgIpc) is 2.81. The molecule has 0 radical (unpaired) electrons. The second-order valence-corrected chi connectivity index (χ2v) is 9.97. The first-order chi connectivity index (χ1) is 16.2. The maximum atomic E-state index is 12.7. The Bertz CT molecular complexity index is 1110. The van der Waals surface area contributed by atoms with Crippen molar-refractivity contribution in [3.05, 3.63) is 59.1 Å². The van der Waals surface area contributed by atoms with E-state index in [1.165, 1.54) is 48.2 Å². The summed E-state index contributed by atoms with van der Waals surface area (Å²) < 4.78 is 37.7. The normalized spacial score (nSPS) is 12.0. The van der Waals surface area contributed by atoms with Crippen LogP contribution in [0.25, 0.3) is 0 Å². The molecule has 0 bridgehead atoms. The minimum atomic E-state index is -4.03. The third kappa shape index (κ3) is 8.32. The van der Waals surface area contributed by atoms with Gasteiger partial charge in [0, 0.05) is 5.02 Å². The van der Waals surface area contributed by atoms with Gasteiger partial charge in [0.25, 0.3) is 5.91 Å². The third-order valence-corrected chi connectivity index (χ3v) is 6.74. The minimum Gasteiger partial charge on any atom is -0.462 e. The molecule has 0 aliphatic heterocycles. The highest BCUT2D eigenvalue weighted by Crippen LogP contribution is 2.17. The summed E-state index contributed by atoms with van der Waals surface area (Å²) in [6.45, 7) is 1.16. The quantitative estimate of drug-likeness (QED) is 0.402. The van der Waals surface area contributed by atoms with E-state index in [1.807, 2.05) is 6.26 Å². The molecule has 0 fully saturated rings. The molecule has 2 rings (SSSR count). The van der Waals surface area contributed by atoms with Crippen molar-refractivity contribution in [3.8, 4) is 0 Å². The van der Waals surface area contributed by atoms with Gasteiger partial charge in [-0.25, -0.2) is 13.2 Å². The van der Waals surface area contributed by atoms with E-state index in [-0.39, 0.29) is 29.2 Å². The molecule has 9 nitrogen and oxygen atoms in total. The second-order valence-electron chi connectivity index (χ2n) is 6.83. The molecule has 0 saturated heterocycles. The van der Waals surface area contributed by atoms with Gasteiger partial charge in [-0.05, 0) is 61.8 Å². The predicted molar refractivity (Wildman–Crippen MR) is 131 cm³/mol. The number of carbonyl (C=O) groups excluding carboxylic acids is 3. The lowest BCUT2D eigenvalue weighted by molar-refractivity contribution is -0.149. The van der Waals surface area contributed by atoms with Gasteiger partial charge in [0.05, 0.1) is 22.8 Å². The van der Waals surface area contributed by atoms with Gasteiger partial charge in [0.2, 0.25) is 10.0 Å². The molecule has 2 aromatic carbocycles. The van der Waals surface area contributed by atoms with E-state index in [0.29, 0.717) is 10.8 Å². The number of hydrogen-bond donors (Lipinski definition) is 2. The fourth-order valence-electron chi connectivity index (χ4n) is 2.73. The molecular formula is C22H25ClN2O7S2. The zero-order chi connectivity index (χ0) is 25.1. The summed E-state index contributed by atoms with van der Waals surface area (Å²) in [7, 11) is -4.03. The Labute approximate surface area is 207 Å². The maximum Gasteiger partial charge on any atom is 0.340 e. The molecule has 12 heteroatoms. The number of esters is 2. The van der Waals surface area contributed by atoms with E-state index in [1.54, 1.807) is 19.1 Å². The number of rotatable bonds is 12. The molecule has 0 saturated carbocycles. The van der Waals surface area contributed by atoms with Crippen LogP contribution in [0.1, 0.15) is 23.7 Å². The summed E-state index contributed by atoms with van der Waals surface area (Å²) in [4.78, 5) is 36.9. The van der Waals surface area contributed by atoms with Gasteiger partial charge in [0.1, 0.15) is 6.04 Å². The van der Waals surface area contributed by atoms with Crippen LogP contribution >= 0.6 is 23.4 Å². The number of halogens is 1. The van der Waals surface area contributed by atoms with Crippen LogP contribution in [-0.2, 0) is 29.1 Å². The van der Waals surface area contributed by atoms with Crippen molar-refractivity contribution in [2.24, 2.45) is 0 Å². The Hall–Kier alpha value is -2.60. The lowest BCUT2D eigenvalue weighted by atomic mass is 10.2. The topological polar surface area (TPSA) is 128 Å². The Morgan fingerprint density at radius 1 is 1.06 bits per heavy atom. The Morgan fingerprint density at radius 2 is 1.74 bits per heavy atom. The predicted octanol–water partition coefficient (Wildman–Crippen LogP) is 3.10.